The number of nitrogens with one attached hydrogen (secondary N) is 1. The minimum Gasteiger partial charge on any atom is -0.340 e. The maximum Gasteiger partial charge on any atom is 0.236 e. The van der Waals surface area contributed by atoms with Crippen LogP contribution in [0.5, 0.6) is 0 Å². The van der Waals surface area contributed by atoms with Gasteiger partial charge in [-0.15, -0.1) is 12.4 Å². The molecule has 1 unspecified atom stereocenters. The van der Waals surface area contributed by atoms with Gasteiger partial charge in [0, 0.05) is 39.3 Å². The Hall–Kier alpha value is -2.02. The van der Waals surface area contributed by atoms with Crippen LogP contribution in [0.2, 0.25) is 0 Å². The van der Waals surface area contributed by atoms with Gasteiger partial charge in [-0.2, -0.15) is 0 Å². The fourth-order valence-electron chi connectivity index (χ4n) is 3.22. The molecule has 3 rings (SSSR count). The molecule has 0 aliphatic carbocycles. The highest BCUT2D eigenvalue weighted by Gasteiger charge is 2.26. The van der Waals surface area contributed by atoms with Gasteiger partial charge in [0.15, 0.2) is 0 Å². The van der Waals surface area contributed by atoms with Gasteiger partial charge in [-0.25, -0.2) is 8.78 Å². The molecule has 2 aromatic rings. The summed E-state index contributed by atoms with van der Waals surface area (Å²) in [6.07, 6.45) is 0. The van der Waals surface area contributed by atoms with Crippen LogP contribution in [0.3, 0.4) is 0 Å². The maximum absolute atomic E-state index is 13.6. The molecule has 1 amide bonds. The second kappa shape index (κ2) is 9.78. The van der Waals surface area contributed by atoms with E-state index in [4.69, 9.17) is 0 Å². The molecule has 4 nitrogen and oxygen atoms in total. The number of carbonyl (C=O) groups excluding carboxylic acids is 1. The number of carbonyl (C=O) groups is 1. The second-order valence-corrected chi connectivity index (χ2v) is 6.62. The van der Waals surface area contributed by atoms with E-state index in [0.717, 1.165) is 24.2 Å². The van der Waals surface area contributed by atoms with Crippen LogP contribution in [0.1, 0.15) is 17.2 Å². The summed E-state index contributed by atoms with van der Waals surface area (Å²) < 4.78 is 26.6. The van der Waals surface area contributed by atoms with E-state index in [9.17, 15) is 13.6 Å². The lowest BCUT2D eigenvalue weighted by atomic mass is 10.0. The Morgan fingerprint density at radius 1 is 1.19 bits per heavy atom. The lowest BCUT2D eigenvalue weighted by Crippen LogP contribution is -2.49. The van der Waals surface area contributed by atoms with Crippen LogP contribution in [0.15, 0.2) is 48.5 Å². The van der Waals surface area contributed by atoms with Gasteiger partial charge in [0.2, 0.25) is 5.91 Å². The predicted molar refractivity (Wildman–Crippen MR) is 104 cm³/mol. The molecule has 0 aromatic heterocycles. The van der Waals surface area contributed by atoms with Gasteiger partial charge in [-0.05, 0) is 35.4 Å². The van der Waals surface area contributed by atoms with E-state index >= 15 is 0 Å². The quantitative estimate of drug-likeness (QED) is 0.845. The third-order valence-electron chi connectivity index (χ3n) is 4.68. The highest BCUT2D eigenvalue weighted by Crippen LogP contribution is 2.23. The molecule has 1 fully saturated rings. The van der Waals surface area contributed by atoms with Crippen molar-refractivity contribution in [2.75, 3.05) is 33.2 Å². The van der Waals surface area contributed by atoms with Gasteiger partial charge in [0.25, 0.3) is 0 Å². The van der Waals surface area contributed by atoms with Crippen LogP contribution in [-0.2, 0) is 11.3 Å². The Balaban J connectivity index is 0.00000261. The molecule has 1 aliphatic heterocycles. The van der Waals surface area contributed by atoms with E-state index in [1.807, 2.05) is 6.07 Å². The number of benzene rings is 2. The first-order valence-corrected chi connectivity index (χ1v) is 8.71. The van der Waals surface area contributed by atoms with Gasteiger partial charge >= 0.3 is 0 Å². The van der Waals surface area contributed by atoms with Gasteiger partial charge in [0.1, 0.15) is 11.6 Å². The third-order valence-corrected chi connectivity index (χ3v) is 4.68. The summed E-state index contributed by atoms with van der Waals surface area (Å²) in [7, 11) is 1.74. The molecule has 1 saturated heterocycles. The van der Waals surface area contributed by atoms with E-state index < -0.39 is 0 Å². The Bertz CT molecular complexity index is 757. The molecule has 146 valence electrons. The van der Waals surface area contributed by atoms with E-state index in [0.29, 0.717) is 13.1 Å². The number of hydrogen-bond acceptors (Lipinski definition) is 3. The molecule has 1 atom stereocenters. The Kier molecular flexibility index (Phi) is 7.71. The SMILES string of the molecule is CN(Cc1ccc(F)cc1)C(=O)CN1CCNCC1c1cccc(F)c1.Cl. The molecule has 1 N–H and O–H groups in total. The van der Waals surface area contributed by atoms with Crippen LogP contribution < -0.4 is 5.32 Å². The predicted octanol–water partition coefficient (Wildman–Crippen LogP) is 2.99. The summed E-state index contributed by atoms with van der Waals surface area (Å²) in [5.41, 5.74) is 1.75. The van der Waals surface area contributed by atoms with Crippen molar-refractivity contribution >= 4 is 18.3 Å². The molecule has 27 heavy (non-hydrogen) atoms. The normalized spacial score (nSPS) is 17.2. The first-order valence-electron chi connectivity index (χ1n) is 8.71. The zero-order chi connectivity index (χ0) is 18.5. The highest BCUT2D eigenvalue weighted by molar-refractivity contribution is 5.85. The van der Waals surface area contributed by atoms with Crippen molar-refractivity contribution in [2.24, 2.45) is 0 Å². The molecule has 0 saturated carbocycles. The zero-order valence-corrected chi connectivity index (χ0v) is 16.0. The molecule has 1 aliphatic rings. The van der Waals surface area contributed by atoms with Gasteiger partial charge in [0.05, 0.1) is 6.54 Å². The van der Waals surface area contributed by atoms with Crippen molar-refractivity contribution in [1.29, 1.82) is 0 Å². The molecule has 7 heteroatoms. The number of nitrogens with zero attached hydrogens (tertiary/aromatic N) is 2. The maximum atomic E-state index is 13.6. The number of piperazine rings is 1. The summed E-state index contributed by atoms with van der Waals surface area (Å²) >= 11 is 0. The smallest absolute Gasteiger partial charge is 0.236 e. The standard InChI is InChI=1S/C20H23F2N3O.ClH/c1-24(13-15-5-7-17(21)8-6-15)20(26)14-25-10-9-23-12-19(25)16-3-2-4-18(22)11-16;/h2-8,11,19,23H,9-10,12-14H2,1H3;1H. The number of likely N-dealkylation sites (N-methyl/N-ethyl adjacent to an activating group) is 1. The van der Waals surface area contributed by atoms with Crippen molar-refractivity contribution < 1.29 is 13.6 Å². The molecule has 0 spiro atoms. The lowest BCUT2D eigenvalue weighted by Gasteiger charge is -2.36. The van der Waals surface area contributed by atoms with Gasteiger partial charge in [-0.1, -0.05) is 24.3 Å². The van der Waals surface area contributed by atoms with E-state index in [1.54, 1.807) is 30.1 Å². The molecule has 0 bridgehead atoms. The molecular formula is C20H24ClF2N3O. The third kappa shape index (κ3) is 5.73. The summed E-state index contributed by atoms with van der Waals surface area (Å²) in [6.45, 7) is 2.88. The molecule has 1 heterocycles. The van der Waals surface area contributed by atoms with Crippen LogP contribution in [0.25, 0.3) is 0 Å². The number of halogens is 3. The van der Waals surface area contributed by atoms with Crippen molar-refractivity contribution in [2.45, 2.75) is 12.6 Å². The van der Waals surface area contributed by atoms with Crippen molar-refractivity contribution in [1.82, 2.24) is 15.1 Å². The fourth-order valence-corrected chi connectivity index (χ4v) is 3.22. The van der Waals surface area contributed by atoms with Crippen LogP contribution in [-0.4, -0.2) is 48.9 Å². The van der Waals surface area contributed by atoms with Gasteiger partial charge < -0.3 is 10.2 Å². The summed E-state index contributed by atoms with van der Waals surface area (Å²) in [5, 5.41) is 3.31. The number of hydrogen-bond donors (Lipinski definition) is 1. The monoisotopic (exact) mass is 395 g/mol. The topological polar surface area (TPSA) is 35.6 Å². The number of amides is 1. The fraction of sp³-hybridized carbons (Fsp3) is 0.350. The summed E-state index contributed by atoms with van der Waals surface area (Å²) in [5.74, 6) is -0.577. The molecule has 0 radical (unpaired) electrons. The molecular weight excluding hydrogens is 372 g/mol. The van der Waals surface area contributed by atoms with Crippen LogP contribution >= 0.6 is 12.4 Å². The second-order valence-electron chi connectivity index (χ2n) is 6.62. The average Bonchev–Trinajstić information content (AvgIpc) is 2.64. The Morgan fingerprint density at radius 3 is 2.63 bits per heavy atom. The Labute approximate surface area is 164 Å². The zero-order valence-electron chi connectivity index (χ0n) is 15.2. The first kappa shape index (κ1) is 21.3. The van der Waals surface area contributed by atoms with Crippen molar-refractivity contribution in [3.63, 3.8) is 0 Å². The number of rotatable bonds is 5. The Morgan fingerprint density at radius 2 is 1.93 bits per heavy atom. The van der Waals surface area contributed by atoms with Crippen molar-refractivity contribution in [3.05, 3.63) is 71.3 Å². The van der Waals surface area contributed by atoms with Gasteiger partial charge in [-0.3, -0.25) is 9.69 Å². The summed E-state index contributed by atoms with van der Waals surface area (Å²) in [6, 6.07) is 12.6. The largest absolute Gasteiger partial charge is 0.340 e. The minimum absolute atomic E-state index is 0. The van der Waals surface area contributed by atoms with E-state index in [1.165, 1.54) is 24.3 Å². The van der Waals surface area contributed by atoms with E-state index in [2.05, 4.69) is 10.2 Å². The molecule has 2 aromatic carbocycles. The summed E-state index contributed by atoms with van der Waals surface area (Å²) in [4.78, 5) is 16.4. The highest BCUT2D eigenvalue weighted by atomic mass is 35.5. The lowest BCUT2D eigenvalue weighted by molar-refractivity contribution is -0.132. The van der Waals surface area contributed by atoms with Crippen LogP contribution in [0.4, 0.5) is 8.78 Å². The van der Waals surface area contributed by atoms with Crippen LogP contribution in [0, 0.1) is 11.6 Å². The minimum atomic E-state index is -0.290. The average molecular weight is 396 g/mol. The van der Waals surface area contributed by atoms with Crippen molar-refractivity contribution in [3.8, 4) is 0 Å². The van der Waals surface area contributed by atoms with E-state index in [-0.39, 0.29) is 42.5 Å². The first-order chi connectivity index (χ1) is 12.5.